The van der Waals surface area contributed by atoms with E-state index in [0.717, 1.165) is 33.9 Å². The van der Waals surface area contributed by atoms with Crippen molar-refractivity contribution in [3.63, 3.8) is 0 Å². The third-order valence-electron chi connectivity index (χ3n) is 3.18. The van der Waals surface area contributed by atoms with Crippen LogP contribution in [0.3, 0.4) is 0 Å². The molecular formula is C15H10N2O. The Morgan fingerprint density at radius 3 is 2.28 bits per heavy atom. The molecule has 0 spiro atoms. The summed E-state index contributed by atoms with van der Waals surface area (Å²) in [4.78, 5) is 0. The summed E-state index contributed by atoms with van der Waals surface area (Å²) in [6.45, 7) is 0. The number of nitrogens with zero attached hydrogens (tertiary/aromatic N) is 1. The Kier molecular flexibility index (Phi) is 1.83. The molecule has 4 rings (SSSR count). The van der Waals surface area contributed by atoms with Gasteiger partial charge in [0.25, 0.3) is 0 Å². The van der Waals surface area contributed by atoms with E-state index in [1.165, 1.54) is 0 Å². The van der Waals surface area contributed by atoms with Crippen LogP contribution in [0.15, 0.2) is 54.7 Å². The highest BCUT2D eigenvalue weighted by Crippen LogP contribution is 2.44. The number of aromatic nitrogens is 2. The van der Waals surface area contributed by atoms with Crippen LogP contribution in [-0.4, -0.2) is 10.2 Å². The van der Waals surface area contributed by atoms with E-state index in [2.05, 4.69) is 16.3 Å². The SMILES string of the molecule is c1ccc2c(c1)Oc1ccccc1-c1n[nH]cc1-2. The summed E-state index contributed by atoms with van der Waals surface area (Å²) < 4.78 is 5.99. The molecule has 1 aromatic heterocycles. The van der Waals surface area contributed by atoms with Gasteiger partial charge in [-0.25, -0.2) is 0 Å². The Labute approximate surface area is 104 Å². The fraction of sp³-hybridized carbons (Fsp3) is 0. The van der Waals surface area contributed by atoms with Gasteiger partial charge in [0.05, 0.1) is 0 Å². The number of nitrogens with one attached hydrogen (secondary N) is 1. The highest BCUT2D eigenvalue weighted by molar-refractivity contribution is 5.87. The molecule has 0 bridgehead atoms. The monoisotopic (exact) mass is 234 g/mol. The highest BCUT2D eigenvalue weighted by Gasteiger charge is 2.21. The summed E-state index contributed by atoms with van der Waals surface area (Å²) in [6.07, 6.45) is 1.92. The summed E-state index contributed by atoms with van der Waals surface area (Å²) in [7, 11) is 0. The Morgan fingerprint density at radius 1 is 0.778 bits per heavy atom. The van der Waals surface area contributed by atoms with Crippen LogP contribution >= 0.6 is 0 Å². The second-order valence-electron chi connectivity index (χ2n) is 4.24. The van der Waals surface area contributed by atoms with Gasteiger partial charge in [-0.3, -0.25) is 5.10 Å². The van der Waals surface area contributed by atoms with Crippen molar-refractivity contribution in [1.29, 1.82) is 0 Å². The van der Waals surface area contributed by atoms with Crippen LogP contribution in [0.5, 0.6) is 11.5 Å². The van der Waals surface area contributed by atoms with Gasteiger partial charge in [0.2, 0.25) is 0 Å². The second kappa shape index (κ2) is 3.47. The first-order valence-corrected chi connectivity index (χ1v) is 5.84. The average molecular weight is 234 g/mol. The van der Waals surface area contributed by atoms with Crippen molar-refractivity contribution in [2.75, 3.05) is 0 Å². The molecule has 0 amide bonds. The van der Waals surface area contributed by atoms with Crippen molar-refractivity contribution >= 4 is 0 Å². The van der Waals surface area contributed by atoms with Gasteiger partial charge in [0.1, 0.15) is 17.2 Å². The lowest BCUT2D eigenvalue weighted by Crippen LogP contribution is -1.86. The fourth-order valence-electron chi connectivity index (χ4n) is 2.35. The molecule has 1 N–H and O–H groups in total. The smallest absolute Gasteiger partial charge is 0.136 e. The number of hydrogen-bond acceptors (Lipinski definition) is 2. The number of benzene rings is 2. The zero-order valence-corrected chi connectivity index (χ0v) is 9.55. The van der Waals surface area contributed by atoms with Crippen molar-refractivity contribution in [3.05, 3.63) is 54.7 Å². The third-order valence-corrected chi connectivity index (χ3v) is 3.18. The van der Waals surface area contributed by atoms with Gasteiger partial charge in [-0.1, -0.05) is 30.3 Å². The largest absolute Gasteiger partial charge is 0.456 e. The molecule has 0 unspecified atom stereocenters. The first-order valence-electron chi connectivity index (χ1n) is 5.84. The molecule has 18 heavy (non-hydrogen) atoms. The molecule has 0 atom stereocenters. The maximum absolute atomic E-state index is 5.99. The molecule has 0 aliphatic carbocycles. The third kappa shape index (κ3) is 1.21. The van der Waals surface area contributed by atoms with Crippen LogP contribution in [0.2, 0.25) is 0 Å². The van der Waals surface area contributed by atoms with E-state index in [0.29, 0.717) is 0 Å². The van der Waals surface area contributed by atoms with Crippen molar-refractivity contribution < 1.29 is 4.74 Å². The standard InChI is InChI=1S/C15H10N2O/c1-3-7-13-10(5-1)12-9-16-17-15(12)11-6-2-4-8-14(11)18-13/h1-9H,(H,16,17). The molecule has 3 nitrogen and oxygen atoms in total. The fourth-order valence-corrected chi connectivity index (χ4v) is 2.35. The van der Waals surface area contributed by atoms with E-state index in [-0.39, 0.29) is 0 Å². The molecule has 86 valence electrons. The number of para-hydroxylation sites is 2. The number of H-pyrrole nitrogens is 1. The van der Waals surface area contributed by atoms with Crippen LogP contribution in [-0.2, 0) is 0 Å². The molecule has 0 fully saturated rings. The van der Waals surface area contributed by atoms with E-state index in [9.17, 15) is 0 Å². The molecule has 1 aliphatic heterocycles. The van der Waals surface area contributed by atoms with E-state index >= 15 is 0 Å². The van der Waals surface area contributed by atoms with Crippen molar-refractivity contribution in [2.24, 2.45) is 0 Å². The summed E-state index contributed by atoms with van der Waals surface area (Å²) in [5.74, 6) is 1.71. The molecule has 3 heteroatoms. The average Bonchev–Trinajstić information content (AvgIpc) is 2.84. The molecule has 1 aliphatic rings. The first-order chi connectivity index (χ1) is 8.93. The minimum absolute atomic E-state index is 0.843. The summed E-state index contributed by atoms with van der Waals surface area (Å²) in [5, 5.41) is 7.30. The van der Waals surface area contributed by atoms with Gasteiger partial charge in [0.15, 0.2) is 0 Å². The van der Waals surface area contributed by atoms with Crippen molar-refractivity contribution in [2.45, 2.75) is 0 Å². The highest BCUT2D eigenvalue weighted by atomic mass is 16.5. The lowest BCUT2D eigenvalue weighted by atomic mass is 10.0. The summed E-state index contributed by atoms with van der Waals surface area (Å²) in [6, 6.07) is 16.0. The molecule has 2 heterocycles. The maximum Gasteiger partial charge on any atom is 0.136 e. The molecule has 0 radical (unpaired) electrons. The van der Waals surface area contributed by atoms with E-state index < -0.39 is 0 Å². The van der Waals surface area contributed by atoms with E-state index in [4.69, 9.17) is 4.74 Å². The Balaban J connectivity index is 2.12. The molecular weight excluding hydrogens is 224 g/mol. The van der Waals surface area contributed by atoms with Gasteiger partial charge in [-0.05, 0) is 18.2 Å². The lowest BCUT2D eigenvalue weighted by molar-refractivity contribution is 0.487. The van der Waals surface area contributed by atoms with Gasteiger partial charge in [0, 0.05) is 22.9 Å². The Hall–Kier alpha value is -2.55. The molecule has 3 aromatic rings. The van der Waals surface area contributed by atoms with E-state index in [1.54, 1.807) is 0 Å². The summed E-state index contributed by atoms with van der Waals surface area (Å²) >= 11 is 0. The van der Waals surface area contributed by atoms with Crippen LogP contribution in [0.25, 0.3) is 22.4 Å². The lowest BCUT2D eigenvalue weighted by Gasteiger charge is -2.07. The predicted molar refractivity (Wildman–Crippen MR) is 69.5 cm³/mol. The van der Waals surface area contributed by atoms with Crippen LogP contribution in [0.1, 0.15) is 0 Å². The second-order valence-corrected chi connectivity index (χ2v) is 4.24. The first kappa shape index (κ1) is 9.48. The number of aromatic amines is 1. The maximum atomic E-state index is 5.99. The zero-order chi connectivity index (χ0) is 11.9. The summed E-state index contributed by atoms with van der Waals surface area (Å²) in [5.41, 5.74) is 4.11. The van der Waals surface area contributed by atoms with Crippen molar-refractivity contribution in [3.8, 4) is 33.9 Å². The molecule has 0 saturated heterocycles. The zero-order valence-electron chi connectivity index (χ0n) is 9.55. The normalized spacial score (nSPS) is 11.8. The topological polar surface area (TPSA) is 37.9 Å². The molecule has 2 aromatic carbocycles. The van der Waals surface area contributed by atoms with Gasteiger partial charge in [-0.2, -0.15) is 5.10 Å². The quantitative estimate of drug-likeness (QED) is 0.502. The molecule has 0 saturated carbocycles. The van der Waals surface area contributed by atoms with Crippen LogP contribution < -0.4 is 4.74 Å². The van der Waals surface area contributed by atoms with Gasteiger partial charge < -0.3 is 4.74 Å². The predicted octanol–water partition coefficient (Wildman–Crippen LogP) is 3.85. The minimum atomic E-state index is 0.843. The van der Waals surface area contributed by atoms with Crippen molar-refractivity contribution in [1.82, 2.24) is 10.2 Å². The number of fused-ring (bicyclic) bond motifs is 5. The number of rotatable bonds is 0. The number of ether oxygens (including phenoxy) is 1. The van der Waals surface area contributed by atoms with Gasteiger partial charge in [-0.15, -0.1) is 0 Å². The van der Waals surface area contributed by atoms with Gasteiger partial charge >= 0.3 is 0 Å². The van der Waals surface area contributed by atoms with Crippen LogP contribution in [0, 0.1) is 0 Å². The Bertz CT molecular complexity index is 671. The number of hydrogen-bond donors (Lipinski definition) is 1. The van der Waals surface area contributed by atoms with Crippen LogP contribution in [0.4, 0.5) is 0 Å². The Morgan fingerprint density at radius 2 is 1.44 bits per heavy atom. The van der Waals surface area contributed by atoms with E-state index in [1.807, 2.05) is 48.7 Å². The minimum Gasteiger partial charge on any atom is -0.456 e.